The topological polar surface area (TPSA) is 91.8 Å². The largest absolute Gasteiger partial charge is 0.398 e. The minimum atomic E-state index is -1.12. The van der Waals surface area contributed by atoms with E-state index in [0.717, 1.165) is 5.56 Å². The molecule has 6 nitrogen and oxygen atoms in total. The maximum Gasteiger partial charge on any atom is 0.256 e. The zero-order valence-corrected chi connectivity index (χ0v) is 18.3. The van der Waals surface area contributed by atoms with Gasteiger partial charge < -0.3 is 15.7 Å². The molecule has 7 heteroatoms. The monoisotopic (exact) mass is 432 g/mol. The normalized spacial score (nSPS) is 13.8. The highest BCUT2D eigenvalue weighted by molar-refractivity contribution is 5.98. The van der Waals surface area contributed by atoms with Gasteiger partial charge in [-0.1, -0.05) is 24.3 Å². The molecule has 164 valence electrons. The van der Waals surface area contributed by atoms with Gasteiger partial charge in [0.15, 0.2) is 0 Å². The number of anilines is 1. The molecule has 0 radical (unpaired) electrons. The number of aromatic nitrogens is 1. The molecule has 4 rings (SSSR count). The molecule has 0 saturated heterocycles. The van der Waals surface area contributed by atoms with E-state index in [1.165, 1.54) is 6.07 Å². The van der Waals surface area contributed by atoms with E-state index in [9.17, 15) is 9.90 Å². The first-order valence-electron chi connectivity index (χ1n) is 10.3. The number of nitrogens with two attached hydrogens (primary N) is 1. The molecule has 0 bridgehead atoms. The number of hydrogen-bond acceptors (Lipinski definition) is 5. The smallest absolute Gasteiger partial charge is 0.256 e. The molecular weight excluding hydrogens is 407 g/mol. The summed E-state index contributed by atoms with van der Waals surface area (Å²) in [5.41, 5.74) is 10.0. The minimum Gasteiger partial charge on any atom is -0.398 e. The van der Waals surface area contributed by atoms with Crippen LogP contribution in [0.4, 0.5) is 10.1 Å². The third-order valence-corrected chi connectivity index (χ3v) is 5.72. The molecule has 0 saturated carbocycles. The summed E-state index contributed by atoms with van der Waals surface area (Å²) < 4.78 is 15.1. The average Bonchev–Trinajstić information content (AvgIpc) is 3.06. The zero-order chi connectivity index (χ0) is 23.0. The zero-order valence-electron chi connectivity index (χ0n) is 18.3. The van der Waals surface area contributed by atoms with Gasteiger partial charge >= 0.3 is 0 Å². The van der Waals surface area contributed by atoms with Gasteiger partial charge in [0.05, 0.1) is 11.2 Å². The number of rotatable bonds is 5. The van der Waals surface area contributed by atoms with Gasteiger partial charge in [-0.15, -0.1) is 0 Å². The summed E-state index contributed by atoms with van der Waals surface area (Å²) in [6.07, 6.45) is 4.81. The van der Waals surface area contributed by atoms with Crippen LogP contribution in [0.2, 0.25) is 0 Å². The molecule has 0 spiro atoms. The highest BCUT2D eigenvalue weighted by Gasteiger charge is 2.28. The lowest BCUT2D eigenvalue weighted by molar-refractivity contribution is 0.0763. The second-order valence-corrected chi connectivity index (χ2v) is 8.43. The number of amides is 1. The van der Waals surface area contributed by atoms with E-state index in [1.807, 2.05) is 12.1 Å². The first-order valence-corrected chi connectivity index (χ1v) is 10.3. The number of benzene rings is 2. The van der Waals surface area contributed by atoms with Crippen molar-refractivity contribution in [2.24, 2.45) is 4.99 Å². The Kier molecular flexibility index (Phi) is 5.52. The standard InChI is InChI=1S/C25H25FN4O2/c1-25(2,32)21-7-6-18(20(11-28-3)23(21)27)15-4-5-17(22(26)10-15)14-30-13-16-8-9-29-12-19(16)24(30)31/h4-12,32H,13-14,27H2,1-3H3. The average molecular weight is 432 g/mol. The molecule has 3 N–H and O–H groups in total. The fourth-order valence-corrected chi connectivity index (χ4v) is 4.07. The molecule has 32 heavy (non-hydrogen) atoms. The Morgan fingerprint density at radius 3 is 2.69 bits per heavy atom. The predicted molar refractivity (Wildman–Crippen MR) is 123 cm³/mol. The summed E-state index contributed by atoms with van der Waals surface area (Å²) in [4.78, 5) is 22.3. The summed E-state index contributed by atoms with van der Waals surface area (Å²) in [5.74, 6) is -0.554. The number of halogens is 1. The second kappa shape index (κ2) is 8.16. The lowest BCUT2D eigenvalue weighted by atomic mass is 9.89. The van der Waals surface area contributed by atoms with Crippen molar-refractivity contribution in [2.45, 2.75) is 32.5 Å². The van der Waals surface area contributed by atoms with Gasteiger partial charge in [-0.2, -0.15) is 0 Å². The van der Waals surface area contributed by atoms with E-state index < -0.39 is 11.4 Å². The number of hydrogen-bond donors (Lipinski definition) is 2. The molecule has 2 aromatic carbocycles. The van der Waals surface area contributed by atoms with Crippen molar-refractivity contribution in [1.82, 2.24) is 9.88 Å². The predicted octanol–water partition coefficient (Wildman–Crippen LogP) is 3.90. The molecule has 1 amide bonds. The van der Waals surface area contributed by atoms with Crippen molar-refractivity contribution in [3.05, 3.63) is 82.4 Å². The number of aliphatic imine (C=N–C) groups is 1. The molecule has 1 aromatic heterocycles. The van der Waals surface area contributed by atoms with Crippen LogP contribution in [0, 0.1) is 5.82 Å². The Labute approximate surface area is 186 Å². The molecule has 0 aliphatic carbocycles. The minimum absolute atomic E-state index is 0.145. The number of nitrogen functional groups attached to an aromatic ring is 1. The fraction of sp³-hybridized carbons (Fsp3) is 0.240. The quantitative estimate of drug-likeness (QED) is 0.472. The molecule has 1 aliphatic heterocycles. The number of pyridine rings is 1. The van der Waals surface area contributed by atoms with Gasteiger partial charge in [-0.25, -0.2) is 4.39 Å². The maximum atomic E-state index is 15.1. The van der Waals surface area contributed by atoms with Gasteiger partial charge in [-0.05, 0) is 42.7 Å². The Balaban J connectivity index is 1.66. The highest BCUT2D eigenvalue weighted by Crippen LogP contribution is 2.35. The molecule has 0 fully saturated rings. The first-order chi connectivity index (χ1) is 15.2. The van der Waals surface area contributed by atoms with Crippen molar-refractivity contribution in [1.29, 1.82) is 0 Å². The van der Waals surface area contributed by atoms with E-state index in [2.05, 4.69) is 9.98 Å². The van der Waals surface area contributed by atoms with Crippen molar-refractivity contribution in [2.75, 3.05) is 12.8 Å². The van der Waals surface area contributed by atoms with E-state index in [-0.39, 0.29) is 12.5 Å². The van der Waals surface area contributed by atoms with Crippen LogP contribution in [0.1, 0.15) is 46.5 Å². The van der Waals surface area contributed by atoms with Crippen LogP contribution in [0.25, 0.3) is 11.1 Å². The maximum absolute atomic E-state index is 15.1. The summed E-state index contributed by atoms with van der Waals surface area (Å²) in [6, 6.07) is 10.3. The second-order valence-electron chi connectivity index (χ2n) is 8.43. The molecule has 1 aliphatic rings. The summed E-state index contributed by atoms with van der Waals surface area (Å²) >= 11 is 0. The van der Waals surface area contributed by atoms with E-state index >= 15 is 4.39 Å². The van der Waals surface area contributed by atoms with Gasteiger partial charge in [-0.3, -0.25) is 14.8 Å². The Bertz CT molecular complexity index is 1230. The van der Waals surface area contributed by atoms with Crippen LogP contribution >= 0.6 is 0 Å². The van der Waals surface area contributed by atoms with Crippen molar-refractivity contribution < 1.29 is 14.3 Å². The van der Waals surface area contributed by atoms with Crippen molar-refractivity contribution >= 4 is 17.8 Å². The SMILES string of the molecule is CN=Cc1c(-c2ccc(CN3Cc4ccncc4C3=O)c(F)c2)ccc(C(C)(C)O)c1N. The summed E-state index contributed by atoms with van der Waals surface area (Å²) in [6.45, 7) is 3.92. The summed E-state index contributed by atoms with van der Waals surface area (Å²) in [5, 5.41) is 10.4. The third kappa shape index (κ3) is 3.87. The molecule has 0 atom stereocenters. The lowest BCUT2D eigenvalue weighted by Crippen LogP contribution is -2.23. The third-order valence-electron chi connectivity index (χ3n) is 5.72. The fourth-order valence-electron chi connectivity index (χ4n) is 4.07. The first kappa shape index (κ1) is 21.6. The van der Waals surface area contributed by atoms with Crippen LogP contribution in [0.3, 0.4) is 0 Å². The van der Waals surface area contributed by atoms with Crippen LogP contribution in [0.15, 0.2) is 53.8 Å². The van der Waals surface area contributed by atoms with Crippen molar-refractivity contribution in [3.8, 4) is 11.1 Å². The van der Waals surface area contributed by atoms with Gasteiger partial charge in [0, 0.05) is 61.1 Å². The number of nitrogens with zero attached hydrogens (tertiary/aromatic N) is 3. The number of aliphatic hydroxyl groups is 1. The molecule has 2 heterocycles. The number of fused-ring (bicyclic) bond motifs is 1. The highest BCUT2D eigenvalue weighted by atomic mass is 19.1. The van der Waals surface area contributed by atoms with Crippen LogP contribution in [-0.4, -0.2) is 34.2 Å². The number of carbonyl (C=O) groups is 1. The van der Waals surface area contributed by atoms with Gasteiger partial charge in [0.25, 0.3) is 5.91 Å². The lowest BCUT2D eigenvalue weighted by Gasteiger charge is -2.23. The van der Waals surface area contributed by atoms with Crippen LogP contribution in [0.5, 0.6) is 0 Å². The summed E-state index contributed by atoms with van der Waals surface area (Å²) in [7, 11) is 1.63. The number of carbonyl (C=O) groups excluding carboxylic acids is 1. The van der Waals surface area contributed by atoms with E-state index in [0.29, 0.717) is 45.6 Å². The van der Waals surface area contributed by atoms with Crippen molar-refractivity contribution in [3.63, 3.8) is 0 Å². The van der Waals surface area contributed by atoms with Crippen LogP contribution < -0.4 is 5.73 Å². The van der Waals surface area contributed by atoms with Gasteiger partial charge in [0.2, 0.25) is 0 Å². The molecule has 3 aromatic rings. The Morgan fingerprint density at radius 2 is 2.03 bits per heavy atom. The van der Waals surface area contributed by atoms with Crippen LogP contribution in [-0.2, 0) is 18.7 Å². The Morgan fingerprint density at radius 1 is 1.25 bits per heavy atom. The van der Waals surface area contributed by atoms with Gasteiger partial charge in [0.1, 0.15) is 5.82 Å². The Hall–Kier alpha value is -3.58. The molecule has 0 unspecified atom stereocenters. The molecular formula is C25H25FN4O2. The van der Waals surface area contributed by atoms with E-state index in [1.54, 1.807) is 62.6 Å². The van der Waals surface area contributed by atoms with E-state index in [4.69, 9.17) is 5.73 Å².